The number of rotatable bonds is 1. The van der Waals surface area contributed by atoms with E-state index in [1.165, 1.54) is 4.88 Å². The number of halogens is 2. The molecule has 0 unspecified atom stereocenters. The van der Waals surface area contributed by atoms with E-state index in [2.05, 4.69) is 31.9 Å². The highest BCUT2D eigenvalue weighted by atomic mass is 79.9. The van der Waals surface area contributed by atoms with Gasteiger partial charge >= 0.3 is 0 Å². The van der Waals surface area contributed by atoms with Crippen molar-refractivity contribution >= 4 is 49.3 Å². The van der Waals surface area contributed by atoms with E-state index < -0.39 is 0 Å². The third-order valence-electron chi connectivity index (χ3n) is 0.859. The summed E-state index contributed by atoms with van der Waals surface area (Å²) < 4.78 is 1.16. The molecule has 0 bridgehead atoms. The highest BCUT2D eigenvalue weighted by Crippen LogP contribution is 2.23. The molecular weight excluding hydrogens is 264 g/mol. The standard InChI is InChI=1S/C6H4Br2S/c7-3-1-6-5(8)2-4-9-6/h1-4H/b3-1-. The molecule has 3 heteroatoms. The first-order chi connectivity index (χ1) is 4.34. The Labute approximate surface area is 74.8 Å². The van der Waals surface area contributed by atoms with Gasteiger partial charge in [0.1, 0.15) is 0 Å². The molecule has 9 heavy (non-hydrogen) atoms. The lowest BCUT2D eigenvalue weighted by Crippen LogP contribution is -1.56. The fourth-order valence-electron chi connectivity index (χ4n) is 0.482. The molecule has 0 saturated heterocycles. The maximum atomic E-state index is 3.41. The van der Waals surface area contributed by atoms with Crippen molar-refractivity contribution in [1.82, 2.24) is 0 Å². The van der Waals surface area contributed by atoms with Gasteiger partial charge in [0.25, 0.3) is 0 Å². The molecule has 0 aliphatic rings. The molecule has 0 atom stereocenters. The average Bonchev–Trinajstić information content (AvgIpc) is 2.18. The molecule has 0 aromatic carbocycles. The van der Waals surface area contributed by atoms with Crippen LogP contribution in [0.5, 0.6) is 0 Å². The normalized spacial score (nSPS) is 10.9. The Bertz CT molecular complexity index is 215. The quantitative estimate of drug-likeness (QED) is 0.725. The van der Waals surface area contributed by atoms with Gasteiger partial charge in [-0.2, -0.15) is 0 Å². The first kappa shape index (κ1) is 7.51. The molecule has 0 amide bonds. The van der Waals surface area contributed by atoms with Gasteiger partial charge in [0.2, 0.25) is 0 Å². The summed E-state index contributed by atoms with van der Waals surface area (Å²) in [6, 6.07) is 2.03. The third kappa shape index (κ3) is 1.92. The lowest BCUT2D eigenvalue weighted by molar-refractivity contribution is 1.84. The molecule has 0 aliphatic carbocycles. The van der Waals surface area contributed by atoms with E-state index in [0.717, 1.165) is 4.47 Å². The minimum atomic E-state index is 1.16. The molecule has 1 rings (SSSR count). The lowest BCUT2D eigenvalue weighted by Gasteiger charge is -1.82. The summed E-state index contributed by atoms with van der Waals surface area (Å²) in [5, 5.41) is 2.05. The Kier molecular flexibility index (Phi) is 2.95. The fraction of sp³-hybridized carbons (Fsp3) is 0. The summed E-state index contributed by atoms with van der Waals surface area (Å²) >= 11 is 8.33. The Morgan fingerprint density at radius 3 is 2.78 bits per heavy atom. The molecule has 48 valence electrons. The van der Waals surface area contributed by atoms with Crippen molar-refractivity contribution < 1.29 is 0 Å². The first-order valence-electron chi connectivity index (χ1n) is 2.34. The van der Waals surface area contributed by atoms with Gasteiger partial charge < -0.3 is 0 Å². The second kappa shape index (κ2) is 3.54. The van der Waals surface area contributed by atoms with Crippen LogP contribution in [0.2, 0.25) is 0 Å². The van der Waals surface area contributed by atoms with Gasteiger partial charge in [-0.15, -0.1) is 11.3 Å². The molecule has 0 aliphatic heterocycles. The van der Waals surface area contributed by atoms with Crippen LogP contribution in [0.3, 0.4) is 0 Å². The fourth-order valence-corrected chi connectivity index (χ4v) is 2.32. The van der Waals surface area contributed by atoms with Gasteiger partial charge in [-0.3, -0.25) is 0 Å². The van der Waals surface area contributed by atoms with E-state index in [0.29, 0.717) is 0 Å². The van der Waals surface area contributed by atoms with Crippen LogP contribution < -0.4 is 0 Å². The highest BCUT2D eigenvalue weighted by molar-refractivity contribution is 9.11. The SMILES string of the molecule is Br/C=C\c1sccc1Br. The summed E-state index contributed by atoms with van der Waals surface area (Å²) in [7, 11) is 0. The van der Waals surface area contributed by atoms with E-state index in [1.54, 1.807) is 11.3 Å². The molecule has 0 nitrogen and oxygen atoms in total. The topological polar surface area (TPSA) is 0 Å². The van der Waals surface area contributed by atoms with Crippen molar-refractivity contribution in [2.45, 2.75) is 0 Å². The van der Waals surface area contributed by atoms with Crippen LogP contribution >= 0.6 is 43.2 Å². The maximum Gasteiger partial charge on any atom is 0.0417 e. The third-order valence-corrected chi connectivity index (χ3v) is 2.96. The summed E-state index contributed by atoms with van der Waals surface area (Å²) in [6.07, 6.45) is 2.01. The van der Waals surface area contributed by atoms with E-state index in [9.17, 15) is 0 Å². The molecule has 0 spiro atoms. The van der Waals surface area contributed by atoms with Gasteiger partial charge in [0, 0.05) is 9.35 Å². The molecule has 0 N–H and O–H groups in total. The van der Waals surface area contributed by atoms with Crippen LogP contribution in [-0.4, -0.2) is 0 Å². The first-order valence-corrected chi connectivity index (χ1v) is 4.93. The average molecular weight is 268 g/mol. The summed E-state index contributed by atoms with van der Waals surface area (Å²) in [5.74, 6) is 0. The van der Waals surface area contributed by atoms with Crippen LogP contribution in [-0.2, 0) is 0 Å². The van der Waals surface area contributed by atoms with Crippen LogP contribution in [0.4, 0.5) is 0 Å². The Balaban J connectivity index is 2.94. The van der Waals surface area contributed by atoms with Gasteiger partial charge in [-0.1, -0.05) is 15.9 Å². The van der Waals surface area contributed by atoms with Crippen molar-refractivity contribution in [3.05, 3.63) is 25.8 Å². The summed E-state index contributed by atoms with van der Waals surface area (Å²) in [6.45, 7) is 0. The van der Waals surface area contributed by atoms with Gasteiger partial charge in [-0.25, -0.2) is 0 Å². The monoisotopic (exact) mass is 266 g/mol. The minimum Gasteiger partial charge on any atom is -0.143 e. The molecule has 1 aromatic rings. The van der Waals surface area contributed by atoms with E-state index in [1.807, 2.05) is 22.5 Å². The van der Waals surface area contributed by atoms with Crippen molar-refractivity contribution in [3.8, 4) is 0 Å². The Morgan fingerprint density at radius 1 is 1.56 bits per heavy atom. The van der Waals surface area contributed by atoms with E-state index in [-0.39, 0.29) is 0 Å². The Hall–Kier alpha value is 0.400. The van der Waals surface area contributed by atoms with Crippen molar-refractivity contribution in [3.63, 3.8) is 0 Å². The lowest BCUT2D eigenvalue weighted by atomic mass is 10.5. The molecule has 1 aromatic heterocycles. The second-order valence-corrected chi connectivity index (χ2v) is 3.76. The molecule has 0 fully saturated rings. The zero-order chi connectivity index (χ0) is 6.69. The number of hydrogen-bond donors (Lipinski definition) is 0. The van der Waals surface area contributed by atoms with Crippen LogP contribution in [0.15, 0.2) is 20.9 Å². The van der Waals surface area contributed by atoms with Crippen LogP contribution in [0, 0.1) is 0 Å². The predicted octanol–water partition coefficient (Wildman–Crippen LogP) is 3.88. The molecular formula is C6H4Br2S. The predicted molar refractivity (Wildman–Crippen MR) is 50.0 cm³/mol. The summed E-state index contributed by atoms with van der Waals surface area (Å²) in [4.78, 5) is 3.09. The van der Waals surface area contributed by atoms with E-state index in [4.69, 9.17) is 0 Å². The highest BCUT2D eigenvalue weighted by Gasteiger charge is 1.93. The van der Waals surface area contributed by atoms with Gasteiger partial charge in [0.05, 0.1) is 0 Å². The van der Waals surface area contributed by atoms with Gasteiger partial charge in [-0.05, 0) is 38.4 Å². The van der Waals surface area contributed by atoms with Crippen LogP contribution in [0.1, 0.15) is 4.88 Å². The zero-order valence-electron chi connectivity index (χ0n) is 4.47. The van der Waals surface area contributed by atoms with E-state index >= 15 is 0 Å². The Morgan fingerprint density at radius 2 is 2.33 bits per heavy atom. The van der Waals surface area contributed by atoms with Crippen molar-refractivity contribution in [2.24, 2.45) is 0 Å². The molecule has 1 heterocycles. The summed E-state index contributed by atoms with van der Waals surface area (Å²) in [5.41, 5.74) is 0. The van der Waals surface area contributed by atoms with Crippen LogP contribution in [0.25, 0.3) is 6.08 Å². The second-order valence-electron chi connectivity index (χ2n) is 1.43. The van der Waals surface area contributed by atoms with Crippen molar-refractivity contribution in [1.29, 1.82) is 0 Å². The van der Waals surface area contributed by atoms with Gasteiger partial charge in [0.15, 0.2) is 0 Å². The van der Waals surface area contributed by atoms with Crippen molar-refractivity contribution in [2.75, 3.05) is 0 Å². The maximum absolute atomic E-state index is 3.41. The minimum absolute atomic E-state index is 1.16. The zero-order valence-corrected chi connectivity index (χ0v) is 8.46. The molecule has 0 radical (unpaired) electrons. The molecule has 0 saturated carbocycles. The number of thiophene rings is 1. The largest absolute Gasteiger partial charge is 0.143 e. The smallest absolute Gasteiger partial charge is 0.0417 e. The number of hydrogen-bond acceptors (Lipinski definition) is 1.